The Morgan fingerprint density at radius 3 is 2.81 bits per heavy atom. The summed E-state index contributed by atoms with van der Waals surface area (Å²) < 4.78 is 40.0. The molecule has 1 atom stereocenters. The fraction of sp³-hybridized carbons (Fsp3) is 0.462. The van der Waals surface area contributed by atoms with Crippen LogP contribution in [-0.2, 0) is 11.0 Å². The molecule has 2 rings (SSSR count). The van der Waals surface area contributed by atoms with Crippen LogP contribution < -0.4 is 4.90 Å². The van der Waals surface area contributed by atoms with E-state index < -0.39 is 23.8 Å². The Kier molecular flexibility index (Phi) is 5.08. The van der Waals surface area contributed by atoms with Crippen LogP contribution >= 0.6 is 27.7 Å². The van der Waals surface area contributed by atoms with Crippen molar-refractivity contribution in [3.8, 4) is 0 Å². The average Bonchev–Trinajstić information content (AvgIpc) is 2.37. The molecule has 0 bridgehead atoms. The molecule has 1 aliphatic rings. The standard InChI is InChI=1S/C13H13BrF3NO2S/c14-8-1-2-10(13(15,16)17)11(5-8)18-3-4-21-7-9(18)6-12(19)20/h1-2,5,9H,3-4,6-7H2,(H,19,20). The maximum atomic E-state index is 13.2. The Morgan fingerprint density at radius 2 is 2.19 bits per heavy atom. The van der Waals surface area contributed by atoms with Crippen LogP contribution in [0.5, 0.6) is 0 Å². The zero-order valence-corrected chi connectivity index (χ0v) is 13.3. The molecule has 1 aromatic carbocycles. The summed E-state index contributed by atoms with van der Waals surface area (Å²) in [5.41, 5.74) is -0.684. The van der Waals surface area contributed by atoms with Crippen molar-refractivity contribution in [3.63, 3.8) is 0 Å². The van der Waals surface area contributed by atoms with E-state index in [0.29, 0.717) is 22.5 Å². The number of aliphatic carboxylic acids is 1. The van der Waals surface area contributed by atoms with Gasteiger partial charge in [-0.15, -0.1) is 0 Å². The molecule has 1 fully saturated rings. The molecule has 116 valence electrons. The first-order valence-electron chi connectivity index (χ1n) is 6.22. The van der Waals surface area contributed by atoms with Crippen molar-refractivity contribution in [2.75, 3.05) is 23.0 Å². The molecular formula is C13H13BrF3NO2S. The minimum absolute atomic E-state index is 0.0448. The predicted octanol–water partition coefficient (Wildman–Crippen LogP) is 3.86. The number of carbonyl (C=O) groups is 1. The fourth-order valence-electron chi connectivity index (χ4n) is 2.32. The molecule has 3 nitrogen and oxygen atoms in total. The number of anilines is 1. The molecule has 1 aromatic rings. The maximum Gasteiger partial charge on any atom is 0.418 e. The van der Waals surface area contributed by atoms with E-state index in [9.17, 15) is 18.0 Å². The smallest absolute Gasteiger partial charge is 0.418 e. The van der Waals surface area contributed by atoms with E-state index in [1.165, 1.54) is 12.1 Å². The monoisotopic (exact) mass is 383 g/mol. The molecule has 1 N–H and O–H groups in total. The van der Waals surface area contributed by atoms with Gasteiger partial charge in [-0.05, 0) is 18.2 Å². The lowest BCUT2D eigenvalue weighted by molar-refractivity contribution is -0.137. The second-order valence-corrected chi connectivity index (χ2v) is 6.74. The fourth-order valence-corrected chi connectivity index (χ4v) is 3.74. The quantitative estimate of drug-likeness (QED) is 0.859. The van der Waals surface area contributed by atoms with Crippen LogP contribution in [0.15, 0.2) is 22.7 Å². The van der Waals surface area contributed by atoms with Crippen molar-refractivity contribution < 1.29 is 23.1 Å². The van der Waals surface area contributed by atoms with E-state index in [0.717, 1.165) is 6.07 Å². The summed E-state index contributed by atoms with van der Waals surface area (Å²) in [7, 11) is 0. The summed E-state index contributed by atoms with van der Waals surface area (Å²) in [6.07, 6.45) is -4.63. The topological polar surface area (TPSA) is 40.5 Å². The molecule has 0 aliphatic carbocycles. The molecule has 0 amide bonds. The largest absolute Gasteiger partial charge is 0.481 e. The Morgan fingerprint density at radius 1 is 1.48 bits per heavy atom. The minimum atomic E-state index is -4.46. The van der Waals surface area contributed by atoms with Crippen molar-refractivity contribution in [2.45, 2.75) is 18.6 Å². The van der Waals surface area contributed by atoms with Gasteiger partial charge in [0.25, 0.3) is 0 Å². The van der Waals surface area contributed by atoms with Gasteiger partial charge in [0, 0.05) is 28.6 Å². The highest BCUT2D eigenvalue weighted by Gasteiger charge is 2.37. The maximum absolute atomic E-state index is 13.2. The van der Waals surface area contributed by atoms with Gasteiger partial charge in [0.05, 0.1) is 17.7 Å². The van der Waals surface area contributed by atoms with E-state index in [2.05, 4.69) is 15.9 Å². The molecule has 0 spiro atoms. The highest BCUT2D eigenvalue weighted by molar-refractivity contribution is 9.10. The zero-order chi connectivity index (χ0) is 15.6. The van der Waals surface area contributed by atoms with Crippen LogP contribution in [0.2, 0.25) is 0 Å². The molecule has 1 unspecified atom stereocenters. The highest BCUT2D eigenvalue weighted by atomic mass is 79.9. The second-order valence-electron chi connectivity index (χ2n) is 4.68. The van der Waals surface area contributed by atoms with Gasteiger partial charge in [-0.1, -0.05) is 15.9 Å². The van der Waals surface area contributed by atoms with E-state index in [4.69, 9.17) is 5.11 Å². The number of carboxylic acid groups (broad SMARTS) is 1. The van der Waals surface area contributed by atoms with E-state index >= 15 is 0 Å². The third-order valence-corrected chi connectivity index (χ3v) is 4.80. The molecule has 0 radical (unpaired) electrons. The Bertz CT molecular complexity index is 539. The van der Waals surface area contributed by atoms with E-state index in [-0.39, 0.29) is 12.1 Å². The van der Waals surface area contributed by atoms with Gasteiger partial charge in [-0.2, -0.15) is 24.9 Å². The number of rotatable bonds is 3. The molecule has 1 aliphatic heterocycles. The van der Waals surface area contributed by atoms with Crippen LogP contribution in [0.1, 0.15) is 12.0 Å². The highest BCUT2D eigenvalue weighted by Crippen LogP contribution is 2.40. The molecule has 21 heavy (non-hydrogen) atoms. The Hall–Kier alpha value is -0.890. The van der Waals surface area contributed by atoms with Gasteiger partial charge in [-0.3, -0.25) is 4.79 Å². The number of halogens is 4. The zero-order valence-electron chi connectivity index (χ0n) is 10.9. The minimum Gasteiger partial charge on any atom is -0.481 e. The number of carboxylic acids is 1. The molecule has 0 saturated carbocycles. The van der Waals surface area contributed by atoms with Gasteiger partial charge in [0.2, 0.25) is 0 Å². The first-order chi connectivity index (χ1) is 9.79. The third-order valence-electron chi connectivity index (χ3n) is 3.21. The number of hydrogen-bond acceptors (Lipinski definition) is 3. The number of thioether (sulfide) groups is 1. The number of hydrogen-bond donors (Lipinski definition) is 1. The summed E-state index contributed by atoms with van der Waals surface area (Å²) in [5.74, 6) is 0.187. The first kappa shape index (κ1) is 16.5. The normalized spacial score (nSPS) is 19.6. The average molecular weight is 384 g/mol. The third kappa shape index (κ3) is 4.06. The number of benzene rings is 1. The molecule has 1 saturated heterocycles. The molecule has 0 aromatic heterocycles. The van der Waals surface area contributed by atoms with Crippen molar-refractivity contribution in [1.29, 1.82) is 0 Å². The van der Waals surface area contributed by atoms with Crippen LogP contribution in [0.25, 0.3) is 0 Å². The summed E-state index contributed by atoms with van der Waals surface area (Å²) in [5, 5.41) is 8.95. The predicted molar refractivity (Wildman–Crippen MR) is 79.9 cm³/mol. The molecular weight excluding hydrogens is 371 g/mol. The molecule has 1 heterocycles. The number of alkyl halides is 3. The van der Waals surface area contributed by atoms with Gasteiger partial charge in [0.1, 0.15) is 0 Å². The van der Waals surface area contributed by atoms with Crippen LogP contribution in [0, 0.1) is 0 Å². The van der Waals surface area contributed by atoms with Gasteiger partial charge in [0.15, 0.2) is 0 Å². The first-order valence-corrected chi connectivity index (χ1v) is 8.16. The summed E-state index contributed by atoms with van der Waals surface area (Å²) in [4.78, 5) is 12.5. The lowest BCUT2D eigenvalue weighted by Gasteiger charge is -2.38. The second kappa shape index (κ2) is 6.48. The Labute approximate surface area is 132 Å². The SMILES string of the molecule is O=C(O)CC1CSCCN1c1cc(Br)ccc1C(F)(F)F. The van der Waals surface area contributed by atoms with Crippen molar-refractivity contribution >= 4 is 39.3 Å². The van der Waals surface area contributed by atoms with E-state index in [1.54, 1.807) is 16.7 Å². The van der Waals surface area contributed by atoms with Crippen molar-refractivity contribution in [2.24, 2.45) is 0 Å². The van der Waals surface area contributed by atoms with Gasteiger partial charge < -0.3 is 10.0 Å². The number of nitrogens with zero attached hydrogens (tertiary/aromatic N) is 1. The lowest BCUT2D eigenvalue weighted by Crippen LogP contribution is -2.44. The van der Waals surface area contributed by atoms with Crippen LogP contribution in [-0.4, -0.2) is 35.2 Å². The van der Waals surface area contributed by atoms with Crippen molar-refractivity contribution in [3.05, 3.63) is 28.2 Å². The summed E-state index contributed by atoms with van der Waals surface area (Å²) >= 11 is 4.75. The van der Waals surface area contributed by atoms with Crippen LogP contribution in [0.3, 0.4) is 0 Å². The van der Waals surface area contributed by atoms with Crippen LogP contribution in [0.4, 0.5) is 18.9 Å². The lowest BCUT2D eigenvalue weighted by atomic mass is 10.1. The van der Waals surface area contributed by atoms with Gasteiger partial charge in [-0.25, -0.2) is 0 Å². The van der Waals surface area contributed by atoms with E-state index in [1.807, 2.05) is 0 Å². The molecule has 8 heteroatoms. The Balaban J connectivity index is 2.42. The summed E-state index contributed by atoms with van der Waals surface area (Å²) in [6, 6.07) is 3.35. The van der Waals surface area contributed by atoms with Gasteiger partial charge >= 0.3 is 12.1 Å². The summed E-state index contributed by atoms with van der Waals surface area (Å²) in [6.45, 7) is 0.405. The van der Waals surface area contributed by atoms with Crippen molar-refractivity contribution in [1.82, 2.24) is 0 Å².